The average molecular weight is 473 g/mol. The van der Waals surface area contributed by atoms with Crippen molar-refractivity contribution in [1.29, 1.82) is 0 Å². The largest absolute Gasteiger partial charge is 0.490 e. The molecule has 3 aromatic carbocycles. The van der Waals surface area contributed by atoms with Crippen molar-refractivity contribution in [1.82, 2.24) is 10.2 Å². The molecule has 2 amide bonds. The van der Waals surface area contributed by atoms with Gasteiger partial charge in [-0.15, -0.1) is 6.58 Å². The van der Waals surface area contributed by atoms with Crippen molar-refractivity contribution in [2.45, 2.75) is 13.5 Å². The molecule has 1 heterocycles. The van der Waals surface area contributed by atoms with Gasteiger partial charge in [0.15, 0.2) is 16.6 Å². The Hall–Kier alpha value is -3.97. The Balaban J connectivity index is 1.57. The number of fused-ring (bicyclic) bond motifs is 1. The number of hydrogen-bond acceptors (Lipinski definition) is 5. The molecule has 1 saturated heterocycles. The van der Waals surface area contributed by atoms with E-state index < -0.39 is 11.8 Å². The van der Waals surface area contributed by atoms with E-state index in [1.54, 1.807) is 24.3 Å². The predicted molar refractivity (Wildman–Crippen MR) is 137 cm³/mol. The summed E-state index contributed by atoms with van der Waals surface area (Å²) in [6, 6.07) is 19.7. The van der Waals surface area contributed by atoms with Crippen molar-refractivity contribution < 1.29 is 19.1 Å². The molecule has 0 aliphatic carbocycles. The van der Waals surface area contributed by atoms with E-state index in [2.05, 4.69) is 36.2 Å². The molecule has 0 aromatic heterocycles. The number of carbonyl (C=O) groups is 2. The molecule has 0 spiro atoms. The smallest absolute Gasteiger partial charge is 0.265 e. The summed E-state index contributed by atoms with van der Waals surface area (Å²) in [6.45, 7) is 6.53. The van der Waals surface area contributed by atoms with Crippen molar-refractivity contribution in [3.05, 3.63) is 90.0 Å². The highest BCUT2D eigenvalue weighted by molar-refractivity contribution is 7.80. The van der Waals surface area contributed by atoms with Crippen molar-refractivity contribution in [2.75, 3.05) is 13.2 Å². The van der Waals surface area contributed by atoms with E-state index in [9.17, 15) is 9.59 Å². The van der Waals surface area contributed by atoms with Gasteiger partial charge in [0.25, 0.3) is 11.8 Å². The van der Waals surface area contributed by atoms with Crippen molar-refractivity contribution in [2.24, 2.45) is 0 Å². The maximum absolute atomic E-state index is 12.8. The minimum atomic E-state index is -0.537. The summed E-state index contributed by atoms with van der Waals surface area (Å²) >= 11 is 5.09. The molecule has 172 valence electrons. The zero-order valence-electron chi connectivity index (χ0n) is 18.7. The summed E-state index contributed by atoms with van der Waals surface area (Å²) < 4.78 is 11.8. The van der Waals surface area contributed by atoms with Crippen molar-refractivity contribution in [3.8, 4) is 11.5 Å². The molecule has 0 bridgehead atoms. The molecule has 0 unspecified atom stereocenters. The van der Waals surface area contributed by atoms with Crippen LogP contribution in [0.5, 0.6) is 11.5 Å². The number of ether oxygens (including phenoxy) is 2. The zero-order chi connectivity index (χ0) is 24.1. The minimum Gasteiger partial charge on any atom is -0.490 e. The molecule has 1 fully saturated rings. The maximum Gasteiger partial charge on any atom is 0.265 e. The van der Waals surface area contributed by atoms with Crippen LogP contribution in [0.3, 0.4) is 0 Å². The molecule has 4 rings (SSSR count). The Labute approximate surface area is 203 Å². The Kier molecular flexibility index (Phi) is 7.04. The average Bonchev–Trinajstić information content (AvgIpc) is 2.84. The third-order valence-corrected chi connectivity index (χ3v) is 5.61. The first kappa shape index (κ1) is 23.2. The van der Waals surface area contributed by atoms with Crippen LogP contribution in [0.2, 0.25) is 0 Å². The monoisotopic (exact) mass is 472 g/mol. The van der Waals surface area contributed by atoms with Gasteiger partial charge in [-0.3, -0.25) is 19.8 Å². The molecule has 34 heavy (non-hydrogen) atoms. The fourth-order valence-electron chi connectivity index (χ4n) is 3.65. The van der Waals surface area contributed by atoms with Crippen LogP contribution in [0.25, 0.3) is 16.8 Å². The highest BCUT2D eigenvalue weighted by Gasteiger charge is 2.32. The van der Waals surface area contributed by atoms with Crippen molar-refractivity contribution in [3.63, 3.8) is 0 Å². The highest BCUT2D eigenvalue weighted by atomic mass is 32.1. The molecule has 6 nitrogen and oxygen atoms in total. The van der Waals surface area contributed by atoms with Crippen LogP contribution in [-0.4, -0.2) is 35.0 Å². The molecule has 1 N–H and O–H groups in total. The van der Waals surface area contributed by atoms with Crippen LogP contribution < -0.4 is 14.8 Å². The van der Waals surface area contributed by atoms with E-state index in [0.29, 0.717) is 30.3 Å². The van der Waals surface area contributed by atoms with Crippen LogP contribution in [-0.2, 0) is 16.2 Å². The molecule has 1 aliphatic rings. The quantitative estimate of drug-likeness (QED) is 0.224. The van der Waals surface area contributed by atoms with Crippen LogP contribution in [0.4, 0.5) is 0 Å². The molecular weight excluding hydrogens is 448 g/mol. The number of rotatable bonds is 8. The first-order valence-corrected chi connectivity index (χ1v) is 11.3. The summed E-state index contributed by atoms with van der Waals surface area (Å²) in [5, 5.41) is 4.93. The lowest BCUT2D eigenvalue weighted by molar-refractivity contribution is -0.128. The van der Waals surface area contributed by atoms with E-state index in [1.165, 1.54) is 16.4 Å². The molecule has 0 saturated carbocycles. The predicted octanol–water partition coefficient (Wildman–Crippen LogP) is 4.63. The SMILES string of the molecule is C=CCN1C(=O)C(=Cc2ccc(OCc3ccc4ccccc4c3)c(OCC)c2)C(=O)NC1=S. The molecule has 0 atom stereocenters. The lowest BCUT2D eigenvalue weighted by Crippen LogP contribution is -2.53. The fourth-order valence-corrected chi connectivity index (χ4v) is 3.90. The van der Waals surface area contributed by atoms with E-state index >= 15 is 0 Å². The van der Waals surface area contributed by atoms with Crippen molar-refractivity contribution >= 4 is 46.0 Å². The Bertz CT molecular complexity index is 1310. The highest BCUT2D eigenvalue weighted by Crippen LogP contribution is 2.31. The summed E-state index contributed by atoms with van der Waals surface area (Å²) in [6.07, 6.45) is 3.07. The van der Waals surface area contributed by atoms with Gasteiger partial charge in [-0.2, -0.15) is 0 Å². The van der Waals surface area contributed by atoms with Gasteiger partial charge in [-0.05, 0) is 65.3 Å². The first-order chi connectivity index (χ1) is 16.5. The van der Waals surface area contributed by atoms with Gasteiger partial charge in [0.1, 0.15) is 12.2 Å². The van der Waals surface area contributed by atoms with E-state index in [0.717, 1.165) is 10.9 Å². The number of hydrogen-bond donors (Lipinski definition) is 1. The fraction of sp³-hybridized carbons (Fsp3) is 0.148. The van der Waals surface area contributed by atoms with Gasteiger partial charge in [0.05, 0.1) is 6.61 Å². The van der Waals surface area contributed by atoms with Crippen LogP contribution in [0, 0.1) is 0 Å². The van der Waals surface area contributed by atoms with Crippen LogP contribution in [0.15, 0.2) is 78.9 Å². The number of benzene rings is 3. The number of carbonyl (C=O) groups excluding carboxylic acids is 2. The standard InChI is InChI=1S/C27H24N2O4S/c1-3-13-29-26(31)22(25(30)28-27(29)34)15-18-10-12-23(24(16-18)32-4-2)33-17-19-9-11-20-7-5-6-8-21(20)14-19/h3,5-12,14-16H,1,4,13,17H2,2H3,(H,28,30,34). The van der Waals surface area contributed by atoms with Crippen LogP contribution in [0.1, 0.15) is 18.1 Å². The third-order valence-electron chi connectivity index (χ3n) is 5.28. The minimum absolute atomic E-state index is 0.0114. The van der Waals surface area contributed by atoms with Crippen LogP contribution >= 0.6 is 12.2 Å². The molecule has 0 radical (unpaired) electrons. The second-order valence-electron chi connectivity index (χ2n) is 7.63. The number of thiocarbonyl (C=S) groups is 1. The molecule has 7 heteroatoms. The second kappa shape index (κ2) is 10.3. The van der Waals surface area contributed by atoms with E-state index in [1.807, 2.05) is 25.1 Å². The summed E-state index contributed by atoms with van der Waals surface area (Å²) in [4.78, 5) is 26.5. The van der Waals surface area contributed by atoms with Gasteiger partial charge >= 0.3 is 0 Å². The summed E-state index contributed by atoms with van der Waals surface area (Å²) in [7, 11) is 0. The van der Waals surface area contributed by atoms with Gasteiger partial charge in [-0.1, -0.05) is 48.5 Å². The number of nitrogens with one attached hydrogen (secondary N) is 1. The number of nitrogens with zero attached hydrogens (tertiary/aromatic N) is 1. The summed E-state index contributed by atoms with van der Waals surface area (Å²) in [5.74, 6) is 0.0963. The molecule has 1 aliphatic heterocycles. The first-order valence-electron chi connectivity index (χ1n) is 10.9. The Morgan fingerprint density at radius 2 is 1.79 bits per heavy atom. The lowest BCUT2D eigenvalue weighted by atomic mass is 10.1. The second-order valence-corrected chi connectivity index (χ2v) is 8.02. The third kappa shape index (κ3) is 5.00. The Morgan fingerprint density at radius 1 is 1.00 bits per heavy atom. The van der Waals surface area contributed by atoms with Gasteiger partial charge in [0, 0.05) is 6.54 Å². The Morgan fingerprint density at radius 3 is 2.56 bits per heavy atom. The number of amides is 2. The molecule has 3 aromatic rings. The van der Waals surface area contributed by atoms with Gasteiger partial charge in [-0.25, -0.2) is 0 Å². The van der Waals surface area contributed by atoms with Gasteiger partial charge < -0.3 is 9.47 Å². The lowest BCUT2D eigenvalue weighted by Gasteiger charge is -2.27. The summed E-state index contributed by atoms with van der Waals surface area (Å²) in [5.41, 5.74) is 1.66. The normalized spacial score (nSPS) is 14.9. The molecular formula is C27H24N2O4S. The topological polar surface area (TPSA) is 67.9 Å². The van der Waals surface area contributed by atoms with E-state index in [4.69, 9.17) is 21.7 Å². The maximum atomic E-state index is 12.8. The zero-order valence-corrected chi connectivity index (χ0v) is 19.6. The van der Waals surface area contributed by atoms with E-state index in [-0.39, 0.29) is 17.2 Å². The van der Waals surface area contributed by atoms with Gasteiger partial charge in [0.2, 0.25) is 0 Å².